The molecule has 2 amide bonds. The Balaban J connectivity index is 1.77. The number of rotatable bonds is 4. The summed E-state index contributed by atoms with van der Waals surface area (Å²) in [7, 11) is 1.60. The minimum Gasteiger partial charge on any atom is -0.497 e. The molecule has 1 aromatic rings. The monoisotopic (exact) mass is 302 g/mol. The molecule has 1 aliphatic heterocycles. The van der Waals surface area contributed by atoms with Crippen molar-refractivity contribution in [2.75, 3.05) is 13.7 Å². The van der Waals surface area contributed by atoms with Gasteiger partial charge in [-0.3, -0.25) is 9.59 Å². The molecule has 118 valence electrons. The Hall–Kier alpha value is -2.04. The van der Waals surface area contributed by atoms with Gasteiger partial charge in [0.05, 0.1) is 7.11 Å². The Bertz CT molecular complexity index is 562. The third kappa shape index (κ3) is 2.67. The molecule has 1 heterocycles. The number of nitrogens with zero attached hydrogens (tertiary/aromatic N) is 1. The summed E-state index contributed by atoms with van der Waals surface area (Å²) in [5, 5.41) is 3.14. The van der Waals surface area contributed by atoms with Crippen LogP contribution in [0.25, 0.3) is 0 Å². The van der Waals surface area contributed by atoms with E-state index < -0.39 is 5.66 Å². The van der Waals surface area contributed by atoms with Crippen molar-refractivity contribution >= 4 is 11.8 Å². The molecule has 1 N–H and O–H groups in total. The van der Waals surface area contributed by atoms with Gasteiger partial charge in [-0.1, -0.05) is 6.42 Å². The zero-order valence-electron chi connectivity index (χ0n) is 12.9. The largest absolute Gasteiger partial charge is 0.497 e. The Labute approximate surface area is 130 Å². The summed E-state index contributed by atoms with van der Waals surface area (Å²) in [5.41, 5.74) is 0.114. The Morgan fingerprint density at radius 3 is 2.36 bits per heavy atom. The van der Waals surface area contributed by atoms with E-state index in [4.69, 9.17) is 4.74 Å². The van der Waals surface area contributed by atoms with Crippen molar-refractivity contribution in [1.29, 1.82) is 0 Å². The number of β-lactam (4-membered cyclic amide) rings is 1. The summed E-state index contributed by atoms with van der Waals surface area (Å²) >= 11 is 0. The fourth-order valence-corrected chi connectivity index (χ4v) is 3.39. The summed E-state index contributed by atoms with van der Waals surface area (Å²) in [6.07, 6.45) is 5.56. The Kier molecular flexibility index (Phi) is 4.05. The van der Waals surface area contributed by atoms with Crippen LogP contribution in [0.3, 0.4) is 0 Å². The summed E-state index contributed by atoms with van der Waals surface area (Å²) in [5.74, 6) is 0.753. The second-order valence-corrected chi connectivity index (χ2v) is 6.07. The number of nitrogens with one attached hydrogen (secondary N) is 1. The topological polar surface area (TPSA) is 58.6 Å². The van der Waals surface area contributed by atoms with E-state index in [1.54, 1.807) is 31.4 Å². The fourth-order valence-electron chi connectivity index (χ4n) is 3.39. The molecule has 0 spiro atoms. The average molecular weight is 302 g/mol. The molecule has 5 heteroatoms. The number of amides is 2. The minimum atomic E-state index is -0.482. The number of benzene rings is 1. The van der Waals surface area contributed by atoms with Crippen molar-refractivity contribution in [2.24, 2.45) is 0 Å². The maximum atomic E-state index is 12.6. The summed E-state index contributed by atoms with van der Waals surface area (Å²) < 4.78 is 5.11. The number of carbonyl (C=O) groups excluding carboxylic acids is 2. The molecule has 2 aliphatic rings. The van der Waals surface area contributed by atoms with Gasteiger partial charge in [0.15, 0.2) is 0 Å². The van der Waals surface area contributed by atoms with Crippen molar-refractivity contribution in [2.45, 2.75) is 44.2 Å². The van der Waals surface area contributed by atoms with Crippen LogP contribution < -0.4 is 10.1 Å². The predicted octanol–water partition coefficient (Wildman–Crippen LogP) is 2.32. The molecule has 3 rings (SSSR count). The number of hydrogen-bond donors (Lipinski definition) is 1. The minimum absolute atomic E-state index is 0.121. The molecule has 2 fully saturated rings. The standard InChI is InChI=1S/C17H22N2O3/c1-22-14-7-5-13(6-8-14)16(21)18-17(10-3-2-4-11-17)19-12-9-15(19)20/h5-8H,2-4,9-12H2,1H3,(H,18,21). The van der Waals surface area contributed by atoms with E-state index in [1.807, 2.05) is 4.90 Å². The fraction of sp³-hybridized carbons (Fsp3) is 0.529. The summed E-state index contributed by atoms with van der Waals surface area (Å²) in [6, 6.07) is 7.06. The molecule has 0 atom stereocenters. The van der Waals surface area contributed by atoms with Crippen LogP contribution in [-0.2, 0) is 4.79 Å². The van der Waals surface area contributed by atoms with Crippen LogP contribution >= 0.6 is 0 Å². The first-order valence-corrected chi connectivity index (χ1v) is 7.92. The van der Waals surface area contributed by atoms with Gasteiger partial charge in [-0.25, -0.2) is 0 Å². The molecule has 1 aromatic carbocycles. The van der Waals surface area contributed by atoms with Gasteiger partial charge in [0.25, 0.3) is 5.91 Å². The SMILES string of the molecule is COc1ccc(C(=O)NC2(N3CCC3=O)CCCCC2)cc1. The van der Waals surface area contributed by atoms with Gasteiger partial charge in [-0.2, -0.15) is 0 Å². The molecule has 0 bridgehead atoms. The summed E-state index contributed by atoms with van der Waals surface area (Å²) in [4.78, 5) is 26.3. The third-order valence-electron chi connectivity index (χ3n) is 4.75. The lowest BCUT2D eigenvalue weighted by atomic mass is 9.85. The molecule has 5 nitrogen and oxygen atoms in total. The number of carbonyl (C=O) groups is 2. The Morgan fingerprint density at radius 1 is 1.18 bits per heavy atom. The highest BCUT2D eigenvalue weighted by Crippen LogP contribution is 2.35. The number of hydrogen-bond acceptors (Lipinski definition) is 3. The molecule has 0 unspecified atom stereocenters. The van der Waals surface area contributed by atoms with Crippen molar-refractivity contribution in [3.8, 4) is 5.75 Å². The first-order valence-electron chi connectivity index (χ1n) is 7.92. The molecule has 1 saturated carbocycles. The maximum Gasteiger partial charge on any atom is 0.253 e. The van der Waals surface area contributed by atoms with Crippen LogP contribution in [0.2, 0.25) is 0 Å². The van der Waals surface area contributed by atoms with Gasteiger partial charge in [-0.15, -0.1) is 0 Å². The lowest BCUT2D eigenvalue weighted by Gasteiger charge is -2.50. The van der Waals surface area contributed by atoms with Gasteiger partial charge in [-0.05, 0) is 49.9 Å². The van der Waals surface area contributed by atoms with Crippen LogP contribution in [0, 0.1) is 0 Å². The molecule has 0 radical (unpaired) electrons. The van der Waals surface area contributed by atoms with Gasteiger partial charge >= 0.3 is 0 Å². The Morgan fingerprint density at radius 2 is 1.86 bits per heavy atom. The van der Waals surface area contributed by atoms with Crippen LogP contribution in [0.1, 0.15) is 48.9 Å². The van der Waals surface area contributed by atoms with E-state index in [2.05, 4.69) is 5.32 Å². The van der Waals surface area contributed by atoms with Crippen LogP contribution in [0.4, 0.5) is 0 Å². The van der Waals surface area contributed by atoms with Crippen molar-refractivity contribution in [3.05, 3.63) is 29.8 Å². The van der Waals surface area contributed by atoms with E-state index in [0.717, 1.165) is 38.0 Å². The lowest BCUT2D eigenvalue weighted by Crippen LogP contribution is -2.67. The van der Waals surface area contributed by atoms with Gasteiger partial charge in [0.1, 0.15) is 11.4 Å². The smallest absolute Gasteiger partial charge is 0.253 e. The van der Waals surface area contributed by atoms with Gasteiger partial charge in [0, 0.05) is 18.5 Å². The first kappa shape index (κ1) is 14.9. The van der Waals surface area contributed by atoms with E-state index in [-0.39, 0.29) is 11.8 Å². The average Bonchev–Trinajstić information content (AvgIpc) is 2.54. The predicted molar refractivity (Wildman–Crippen MR) is 82.6 cm³/mol. The highest BCUT2D eigenvalue weighted by Gasteiger charge is 2.45. The van der Waals surface area contributed by atoms with Crippen LogP contribution in [-0.4, -0.2) is 36.0 Å². The maximum absolute atomic E-state index is 12.6. The molecule has 1 aliphatic carbocycles. The second kappa shape index (κ2) is 5.99. The zero-order valence-corrected chi connectivity index (χ0v) is 12.9. The molecular formula is C17H22N2O3. The van der Waals surface area contributed by atoms with E-state index in [1.165, 1.54) is 6.42 Å². The van der Waals surface area contributed by atoms with E-state index >= 15 is 0 Å². The molecule has 0 aromatic heterocycles. The van der Waals surface area contributed by atoms with E-state index in [9.17, 15) is 9.59 Å². The van der Waals surface area contributed by atoms with Crippen LogP contribution in [0.15, 0.2) is 24.3 Å². The van der Waals surface area contributed by atoms with E-state index in [0.29, 0.717) is 12.0 Å². The van der Waals surface area contributed by atoms with Gasteiger partial charge < -0.3 is 15.0 Å². The molecular weight excluding hydrogens is 280 g/mol. The number of methoxy groups -OCH3 is 1. The highest BCUT2D eigenvalue weighted by molar-refractivity contribution is 5.95. The highest BCUT2D eigenvalue weighted by atomic mass is 16.5. The quantitative estimate of drug-likeness (QED) is 0.868. The second-order valence-electron chi connectivity index (χ2n) is 6.07. The van der Waals surface area contributed by atoms with Crippen molar-refractivity contribution in [3.63, 3.8) is 0 Å². The number of ether oxygens (including phenoxy) is 1. The van der Waals surface area contributed by atoms with Gasteiger partial charge in [0.2, 0.25) is 5.91 Å². The third-order valence-corrected chi connectivity index (χ3v) is 4.75. The first-order chi connectivity index (χ1) is 10.6. The molecule has 22 heavy (non-hydrogen) atoms. The normalized spacial score (nSPS) is 20.2. The number of likely N-dealkylation sites (tertiary alicyclic amines) is 1. The zero-order chi connectivity index (χ0) is 15.6. The molecule has 1 saturated heterocycles. The van der Waals surface area contributed by atoms with Crippen molar-refractivity contribution in [1.82, 2.24) is 10.2 Å². The summed E-state index contributed by atoms with van der Waals surface area (Å²) in [6.45, 7) is 0.752. The van der Waals surface area contributed by atoms with Crippen molar-refractivity contribution < 1.29 is 14.3 Å². The van der Waals surface area contributed by atoms with Crippen LogP contribution in [0.5, 0.6) is 5.75 Å². The lowest BCUT2D eigenvalue weighted by molar-refractivity contribution is -0.152.